The molecule has 0 radical (unpaired) electrons. The van der Waals surface area contributed by atoms with Crippen LogP contribution in [-0.4, -0.2) is 36.4 Å². The minimum atomic E-state index is -0.284. The standard InChI is InChI=1S/C21H22FN5OS/c1-21(2,3)23-18(28)13-29-20-25-24-19-26(12-14-8-4-5-9-15(14)22)16-10-6-7-11-17(16)27(19)20/h4-11H,12-13H2,1-3H3,(H,23,28). The van der Waals surface area contributed by atoms with Gasteiger partial charge in [0.15, 0.2) is 5.16 Å². The van der Waals surface area contributed by atoms with Crippen molar-refractivity contribution in [2.24, 2.45) is 0 Å². The van der Waals surface area contributed by atoms with E-state index >= 15 is 0 Å². The maximum absolute atomic E-state index is 14.2. The normalized spacial score (nSPS) is 12.0. The van der Waals surface area contributed by atoms with Gasteiger partial charge in [0.05, 0.1) is 23.3 Å². The molecule has 0 aliphatic carbocycles. The molecule has 0 aliphatic rings. The van der Waals surface area contributed by atoms with Crippen LogP contribution in [0.2, 0.25) is 0 Å². The van der Waals surface area contributed by atoms with E-state index in [9.17, 15) is 9.18 Å². The van der Waals surface area contributed by atoms with E-state index in [-0.39, 0.29) is 23.0 Å². The van der Waals surface area contributed by atoms with E-state index in [1.807, 2.05) is 60.1 Å². The van der Waals surface area contributed by atoms with Crippen LogP contribution in [0, 0.1) is 5.82 Å². The first-order valence-corrected chi connectivity index (χ1v) is 10.3. The Bertz CT molecular complexity index is 1190. The van der Waals surface area contributed by atoms with E-state index in [2.05, 4.69) is 15.5 Å². The van der Waals surface area contributed by atoms with Gasteiger partial charge in [-0.2, -0.15) is 0 Å². The number of thioether (sulfide) groups is 1. The van der Waals surface area contributed by atoms with Crippen LogP contribution in [0.15, 0.2) is 53.7 Å². The van der Waals surface area contributed by atoms with Crippen LogP contribution in [0.25, 0.3) is 16.8 Å². The summed E-state index contributed by atoms with van der Waals surface area (Å²) >= 11 is 1.33. The van der Waals surface area contributed by atoms with Gasteiger partial charge in [0.1, 0.15) is 5.82 Å². The van der Waals surface area contributed by atoms with Crippen molar-refractivity contribution in [3.8, 4) is 0 Å². The summed E-state index contributed by atoms with van der Waals surface area (Å²) < 4.78 is 18.1. The average molecular weight is 412 g/mol. The molecule has 4 aromatic rings. The summed E-state index contributed by atoms with van der Waals surface area (Å²) in [6, 6.07) is 14.6. The number of benzene rings is 2. The molecule has 2 aromatic heterocycles. The summed E-state index contributed by atoms with van der Waals surface area (Å²) in [5.41, 5.74) is 2.15. The summed E-state index contributed by atoms with van der Waals surface area (Å²) in [4.78, 5) is 12.2. The van der Waals surface area contributed by atoms with E-state index in [4.69, 9.17) is 0 Å². The Morgan fingerprint density at radius 3 is 2.48 bits per heavy atom. The molecule has 0 spiro atoms. The minimum absolute atomic E-state index is 0.0608. The molecule has 29 heavy (non-hydrogen) atoms. The van der Waals surface area contributed by atoms with E-state index in [0.29, 0.717) is 23.0 Å². The number of hydrogen-bond acceptors (Lipinski definition) is 4. The van der Waals surface area contributed by atoms with Gasteiger partial charge in [0.2, 0.25) is 11.7 Å². The fraction of sp³-hybridized carbons (Fsp3) is 0.286. The lowest BCUT2D eigenvalue weighted by Gasteiger charge is -2.20. The molecule has 0 bridgehead atoms. The maximum atomic E-state index is 14.2. The molecule has 4 rings (SSSR count). The Balaban J connectivity index is 1.71. The van der Waals surface area contributed by atoms with Gasteiger partial charge in [-0.3, -0.25) is 9.20 Å². The fourth-order valence-corrected chi connectivity index (χ4v) is 4.01. The Labute approximate surface area is 172 Å². The number of halogens is 1. The molecule has 1 N–H and O–H groups in total. The molecule has 0 fully saturated rings. The number of rotatable bonds is 5. The zero-order chi connectivity index (χ0) is 20.6. The van der Waals surface area contributed by atoms with Gasteiger partial charge >= 0.3 is 0 Å². The topological polar surface area (TPSA) is 64.2 Å². The Hall–Kier alpha value is -2.87. The molecule has 0 unspecified atom stereocenters. The van der Waals surface area contributed by atoms with Crippen molar-refractivity contribution in [2.75, 3.05) is 5.75 Å². The van der Waals surface area contributed by atoms with Crippen LogP contribution in [0.5, 0.6) is 0 Å². The zero-order valence-corrected chi connectivity index (χ0v) is 17.3. The second-order valence-corrected chi connectivity index (χ2v) is 8.81. The largest absolute Gasteiger partial charge is 0.351 e. The maximum Gasteiger partial charge on any atom is 0.237 e. The van der Waals surface area contributed by atoms with Crippen molar-refractivity contribution in [2.45, 2.75) is 38.0 Å². The van der Waals surface area contributed by atoms with Gasteiger partial charge in [-0.05, 0) is 39.0 Å². The van der Waals surface area contributed by atoms with Gasteiger partial charge in [0.25, 0.3) is 0 Å². The molecule has 2 heterocycles. The van der Waals surface area contributed by atoms with E-state index < -0.39 is 0 Å². The molecule has 0 saturated heterocycles. The number of nitrogens with one attached hydrogen (secondary N) is 1. The van der Waals surface area contributed by atoms with Gasteiger partial charge in [0, 0.05) is 11.1 Å². The Kier molecular flexibility index (Phi) is 5.04. The number of para-hydroxylation sites is 2. The van der Waals surface area contributed by atoms with Crippen molar-refractivity contribution in [1.29, 1.82) is 0 Å². The first kappa shape index (κ1) is 19.4. The highest BCUT2D eigenvalue weighted by Gasteiger charge is 2.20. The van der Waals surface area contributed by atoms with Crippen molar-refractivity contribution in [3.05, 3.63) is 59.9 Å². The number of fused-ring (bicyclic) bond motifs is 3. The fourth-order valence-electron chi connectivity index (χ4n) is 3.27. The molecule has 6 nitrogen and oxygen atoms in total. The number of hydrogen-bond donors (Lipinski definition) is 1. The molecule has 8 heteroatoms. The highest BCUT2D eigenvalue weighted by molar-refractivity contribution is 7.99. The van der Waals surface area contributed by atoms with Crippen LogP contribution >= 0.6 is 11.8 Å². The average Bonchev–Trinajstić information content (AvgIpc) is 3.20. The van der Waals surface area contributed by atoms with E-state index in [0.717, 1.165) is 11.0 Å². The van der Waals surface area contributed by atoms with Crippen molar-refractivity contribution < 1.29 is 9.18 Å². The van der Waals surface area contributed by atoms with E-state index in [1.54, 1.807) is 12.1 Å². The third-order valence-electron chi connectivity index (χ3n) is 4.40. The lowest BCUT2D eigenvalue weighted by Crippen LogP contribution is -2.41. The zero-order valence-electron chi connectivity index (χ0n) is 16.5. The van der Waals surface area contributed by atoms with Crippen LogP contribution in [0.1, 0.15) is 26.3 Å². The van der Waals surface area contributed by atoms with Gasteiger partial charge in [-0.25, -0.2) is 4.39 Å². The molecular weight excluding hydrogens is 389 g/mol. The second kappa shape index (κ2) is 7.51. The van der Waals surface area contributed by atoms with Crippen molar-refractivity contribution in [1.82, 2.24) is 24.5 Å². The molecular formula is C21H22FN5OS. The highest BCUT2D eigenvalue weighted by atomic mass is 32.2. The number of carbonyl (C=O) groups is 1. The smallest absolute Gasteiger partial charge is 0.237 e. The number of nitrogens with zero attached hydrogens (tertiary/aromatic N) is 4. The molecule has 150 valence electrons. The van der Waals surface area contributed by atoms with Crippen LogP contribution in [0.3, 0.4) is 0 Å². The van der Waals surface area contributed by atoms with Gasteiger partial charge in [-0.15, -0.1) is 10.2 Å². The summed E-state index contributed by atoms with van der Waals surface area (Å²) in [6.45, 7) is 6.18. The number of aromatic nitrogens is 4. The summed E-state index contributed by atoms with van der Waals surface area (Å²) in [5.74, 6) is 0.546. The number of imidazole rings is 1. The minimum Gasteiger partial charge on any atom is -0.351 e. The predicted molar refractivity (Wildman–Crippen MR) is 113 cm³/mol. The first-order valence-electron chi connectivity index (χ1n) is 9.33. The number of carbonyl (C=O) groups excluding carboxylic acids is 1. The third-order valence-corrected chi connectivity index (χ3v) is 5.33. The SMILES string of the molecule is CC(C)(C)NC(=O)CSc1nnc2n(Cc3ccccc3F)c3ccccc3n12. The van der Waals surface area contributed by atoms with Crippen LogP contribution in [-0.2, 0) is 11.3 Å². The highest BCUT2D eigenvalue weighted by Crippen LogP contribution is 2.27. The summed E-state index contributed by atoms with van der Waals surface area (Å²) in [5, 5.41) is 12.2. The molecule has 0 atom stereocenters. The number of amides is 1. The molecule has 0 saturated carbocycles. The lowest BCUT2D eigenvalue weighted by atomic mass is 10.1. The molecule has 1 amide bonds. The Morgan fingerprint density at radius 2 is 1.76 bits per heavy atom. The van der Waals surface area contributed by atoms with Gasteiger partial charge in [-0.1, -0.05) is 42.1 Å². The third kappa shape index (κ3) is 3.98. The molecule has 2 aromatic carbocycles. The van der Waals surface area contributed by atoms with Crippen molar-refractivity contribution >= 4 is 34.5 Å². The second-order valence-electron chi connectivity index (χ2n) is 7.87. The monoisotopic (exact) mass is 411 g/mol. The predicted octanol–water partition coefficient (Wildman–Crippen LogP) is 3.88. The summed E-state index contributed by atoms with van der Waals surface area (Å²) in [6.07, 6.45) is 0. The summed E-state index contributed by atoms with van der Waals surface area (Å²) in [7, 11) is 0. The quantitative estimate of drug-likeness (QED) is 0.506. The lowest BCUT2D eigenvalue weighted by molar-refractivity contribution is -0.119. The molecule has 0 aliphatic heterocycles. The van der Waals surface area contributed by atoms with Crippen molar-refractivity contribution in [3.63, 3.8) is 0 Å². The van der Waals surface area contributed by atoms with Crippen LogP contribution < -0.4 is 5.32 Å². The van der Waals surface area contributed by atoms with E-state index in [1.165, 1.54) is 17.8 Å². The van der Waals surface area contributed by atoms with Gasteiger partial charge < -0.3 is 9.88 Å². The van der Waals surface area contributed by atoms with Crippen LogP contribution in [0.4, 0.5) is 4.39 Å². The first-order chi connectivity index (χ1) is 13.8. The Morgan fingerprint density at radius 1 is 1.07 bits per heavy atom.